The van der Waals surface area contributed by atoms with E-state index in [9.17, 15) is 0 Å². The largest absolute Gasteiger partial charge is 0.456 e. The predicted molar refractivity (Wildman–Crippen MR) is 220 cm³/mol. The third kappa shape index (κ3) is 5.39. The van der Waals surface area contributed by atoms with Crippen LogP contribution in [0.2, 0.25) is 0 Å². The Labute approximate surface area is 302 Å². The Kier molecular flexibility index (Phi) is 7.18. The van der Waals surface area contributed by atoms with Crippen LogP contribution in [0.25, 0.3) is 76.9 Å². The number of nitrogens with zero attached hydrogens (tertiary/aromatic N) is 1. The van der Waals surface area contributed by atoms with Crippen LogP contribution in [0.5, 0.6) is 0 Å². The quantitative estimate of drug-likeness (QED) is 0.176. The number of furan rings is 1. The molecule has 0 aliphatic rings. The molecule has 0 atom stereocenters. The van der Waals surface area contributed by atoms with E-state index in [1.54, 1.807) is 0 Å². The monoisotopic (exact) mass is 663 g/mol. The first-order valence-corrected chi connectivity index (χ1v) is 17.7. The van der Waals surface area contributed by atoms with Crippen LogP contribution < -0.4 is 4.90 Å². The Morgan fingerprint density at radius 2 is 0.750 bits per heavy atom. The van der Waals surface area contributed by atoms with Gasteiger partial charge in [-0.15, -0.1) is 0 Å². The summed E-state index contributed by atoms with van der Waals surface area (Å²) in [5, 5.41) is 7.18. The summed E-state index contributed by atoms with van der Waals surface area (Å²) in [6.07, 6.45) is 0. The first-order valence-electron chi connectivity index (χ1n) is 17.7. The molecule has 0 saturated heterocycles. The maximum Gasteiger partial charge on any atom is 0.135 e. The highest BCUT2D eigenvalue weighted by Gasteiger charge is 2.15. The van der Waals surface area contributed by atoms with E-state index in [0.717, 1.165) is 39.0 Å². The van der Waals surface area contributed by atoms with Gasteiger partial charge in [-0.25, -0.2) is 0 Å². The molecule has 0 fully saturated rings. The van der Waals surface area contributed by atoms with Gasteiger partial charge in [0.2, 0.25) is 0 Å². The van der Waals surface area contributed by atoms with Gasteiger partial charge >= 0.3 is 0 Å². The lowest BCUT2D eigenvalue weighted by atomic mass is 9.96. The molecule has 0 spiro atoms. The van der Waals surface area contributed by atoms with Crippen molar-refractivity contribution in [1.82, 2.24) is 0 Å². The van der Waals surface area contributed by atoms with Crippen LogP contribution in [-0.2, 0) is 0 Å². The summed E-state index contributed by atoms with van der Waals surface area (Å²) >= 11 is 0. The number of hydrogen-bond donors (Lipinski definition) is 0. The van der Waals surface area contributed by atoms with E-state index in [0.29, 0.717) is 0 Å². The van der Waals surface area contributed by atoms with Gasteiger partial charge in [0.25, 0.3) is 0 Å². The van der Waals surface area contributed by atoms with Crippen LogP contribution >= 0.6 is 0 Å². The second-order valence-corrected chi connectivity index (χ2v) is 13.4. The van der Waals surface area contributed by atoms with Gasteiger partial charge in [-0.3, -0.25) is 0 Å². The summed E-state index contributed by atoms with van der Waals surface area (Å²) in [6, 6.07) is 71.9. The molecule has 0 aliphatic heterocycles. The zero-order chi connectivity index (χ0) is 34.4. The minimum atomic E-state index is 0.911. The van der Waals surface area contributed by atoms with E-state index >= 15 is 0 Å². The molecule has 10 aromatic rings. The molecular formula is C50H33NO. The highest BCUT2D eigenvalue weighted by molar-refractivity contribution is 6.06. The number of rotatable bonds is 6. The van der Waals surface area contributed by atoms with Gasteiger partial charge in [-0.1, -0.05) is 127 Å². The first-order chi connectivity index (χ1) is 25.7. The standard InChI is InChI=1S/C50H33NO/c1-3-9-34(10-4-1)37-17-18-39-30-40(20-19-38(39)29-37)41-16-15-36-23-27-46(32-43(36)31-41)51(44-11-5-2-6-12-44)45-25-21-35(22-26-45)42-24-28-50-48(33-42)47-13-7-8-14-49(47)52-50/h1-33H. The second-order valence-electron chi connectivity index (χ2n) is 13.4. The summed E-state index contributed by atoms with van der Waals surface area (Å²) in [5.74, 6) is 0. The molecule has 0 aliphatic carbocycles. The fraction of sp³-hybridized carbons (Fsp3) is 0. The van der Waals surface area contributed by atoms with E-state index in [4.69, 9.17) is 4.42 Å². The molecule has 0 radical (unpaired) electrons. The van der Waals surface area contributed by atoms with Gasteiger partial charge in [-0.05, 0) is 128 Å². The molecule has 9 aromatic carbocycles. The maximum absolute atomic E-state index is 6.08. The van der Waals surface area contributed by atoms with Crippen molar-refractivity contribution in [2.75, 3.05) is 4.90 Å². The highest BCUT2D eigenvalue weighted by atomic mass is 16.3. The molecule has 1 heterocycles. The van der Waals surface area contributed by atoms with Crippen molar-refractivity contribution in [1.29, 1.82) is 0 Å². The van der Waals surface area contributed by atoms with Crippen LogP contribution in [0.4, 0.5) is 17.1 Å². The molecule has 0 saturated carbocycles. The summed E-state index contributed by atoms with van der Waals surface area (Å²) in [4.78, 5) is 2.34. The zero-order valence-electron chi connectivity index (χ0n) is 28.4. The number of para-hydroxylation sites is 2. The average molecular weight is 664 g/mol. The SMILES string of the molecule is c1ccc(-c2ccc3cc(-c4ccc5ccc(N(c6ccccc6)c6ccc(-c7ccc8oc9ccccc9c8c7)cc6)cc5c4)ccc3c2)cc1. The van der Waals surface area contributed by atoms with Crippen molar-refractivity contribution in [2.24, 2.45) is 0 Å². The summed E-state index contributed by atoms with van der Waals surface area (Å²) in [5.41, 5.74) is 12.4. The van der Waals surface area contributed by atoms with E-state index in [-0.39, 0.29) is 0 Å². The lowest BCUT2D eigenvalue weighted by molar-refractivity contribution is 0.669. The van der Waals surface area contributed by atoms with E-state index < -0.39 is 0 Å². The fourth-order valence-corrected chi connectivity index (χ4v) is 7.52. The molecule has 0 amide bonds. The molecule has 52 heavy (non-hydrogen) atoms. The van der Waals surface area contributed by atoms with E-state index in [1.165, 1.54) is 54.9 Å². The average Bonchev–Trinajstić information content (AvgIpc) is 3.59. The van der Waals surface area contributed by atoms with Gasteiger partial charge in [0, 0.05) is 27.8 Å². The lowest BCUT2D eigenvalue weighted by Crippen LogP contribution is -2.09. The number of fused-ring (bicyclic) bond motifs is 5. The Bertz CT molecular complexity index is 2890. The van der Waals surface area contributed by atoms with Crippen molar-refractivity contribution in [3.63, 3.8) is 0 Å². The van der Waals surface area contributed by atoms with E-state index in [1.807, 2.05) is 12.1 Å². The van der Waals surface area contributed by atoms with Crippen LogP contribution in [0.3, 0.4) is 0 Å². The topological polar surface area (TPSA) is 16.4 Å². The Morgan fingerprint density at radius 1 is 0.269 bits per heavy atom. The number of hydrogen-bond acceptors (Lipinski definition) is 2. The van der Waals surface area contributed by atoms with Crippen molar-refractivity contribution in [2.45, 2.75) is 0 Å². The third-order valence-electron chi connectivity index (χ3n) is 10.2. The Morgan fingerprint density at radius 3 is 1.50 bits per heavy atom. The second kappa shape index (κ2) is 12.5. The molecule has 2 nitrogen and oxygen atoms in total. The Hall–Kier alpha value is -6.90. The van der Waals surface area contributed by atoms with Crippen LogP contribution in [0.1, 0.15) is 0 Å². The van der Waals surface area contributed by atoms with E-state index in [2.05, 4.69) is 193 Å². The predicted octanol–water partition coefficient (Wildman–Crippen LogP) is 14.4. The fourth-order valence-electron chi connectivity index (χ4n) is 7.52. The van der Waals surface area contributed by atoms with Gasteiger partial charge in [-0.2, -0.15) is 0 Å². The molecule has 0 N–H and O–H groups in total. The normalized spacial score (nSPS) is 11.5. The number of benzene rings is 9. The maximum atomic E-state index is 6.08. The minimum Gasteiger partial charge on any atom is -0.456 e. The molecule has 0 bridgehead atoms. The molecule has 2 heteroatoms. The molecule has 10 rings (SSSR count). The molecule has 0 unspecified atom stereocenters. The van der Waals surface area contributed by atoms with Crippen molar-refractivity contribution in [3.05, 3.63) is 200 Å². The Balaban J connectivity index is 1.00. The minimum absolute atomic E-state index is 0.911. The molecular weight excluding hydrogens is 631 g/mol. The summed E-state index contributed by atoms with van der Waals surface area (Å²) < 4.78 is 6.08. The van der Waals surface area contributed by atoms with Crippen LogP contribution in [0.15, 0.2) is 205 Å². The van der Waals surface area contributed by atoms with Crippen molar-refractivity contribution < 1.29 is 4.42 Å². The van der Waals surface area contributed by atoms with Crippen molar-refractivity contribution in [3.8, 4) is 33.4 Å². The first kappa shape index (κ1) is 30.0. The summed E-state index contributed by atoms with van der Waals surface area (Å²) in [6.45, 7) is 0. The van der Waals surface area contributed by atoms with Crippen LogP contribution in [-0.4, -0.2) is 0 Å². The smallest absolute Gasteiger partial charge is 0.135 e. The third-order valence-corrected chi connectivity index (χ3v) is 10.2. The molecule has 244 valence electrons. The highest BCUT2D eigenvalue weighted by Crippen LogP contribution is 2.39. The van der Waals surface area contributed by atoms with Gasteiger partial charge in [0.15, 0.2) is 0 Å². The van der Waals surface area contributed by atoms with Gasteiger partial charge < -0.3 is 9.32 Å². The lowest BCUT2D eigenvalue weighted by Gasteiger charge is -2.26. The van der Waals surface area contributed by atoms with Gasteiger partial charge in [0.1, 0.15) is 11.2 Å². The number of anilines is 3. The van der Waals surface area contributed by atoms with Gasteiger partial charge in [0.05, 0.1) is 0 Å². The van der Waals surface area contributed by atoms with Crippen LogP contribution in [0, 0.1) is 0 Å². The van der Waals surface area contributed by atoms with Crippen molar-refractivity contribution >= 4 is 60.5 Å². The summed E-state index contributed by atoms with van der Waals surface area (Å²) in [7, 11) is 0. The zero-order valence-corrected chi connectivity index (χ0v) is 28.4. The molecule has 1 aromatic heterocycles.